The summed E-state index contributed by atoms with van der Waals surface area (Å²) < 4.78 is 0. The molecular formula is C24H38. The van der Waals surface area contributed by atoms with E-state index in [0.29, 0.717) is 0 Å². The number of rotatable bonds is 5. The Bertz CT molecular complexity index is 490. The largest absolute Gasteiger partial charge is 0.0558 e. The first-order valence-corrected chi connectivity index (χ1v) is 10.7. The molecule has 134 valence electrons. The van der Waals surface area contributed by atoms with Crippen LogP contribution in [0.5, 0.6) is 0 Å². The molecule has 2 fully saturated rings. The molecule has 0 radical (unpaired) electrons. The highest BCUT2D eigenvalue weighted by Gasteiger charge is 2.28. The summed E-state index contributed by atoms with van der Waals surface area (Å²) in [5.74, 6) is 3.21. The molecule has 0 atom stereocenters. The molecule has 0 unspecified atom stereocenters. The Kier molecular flexibility index (Phi) is 6.42. The van der Waals surface area contributed by atoms with Crippen LogP contribution in [0, 0.1) is 38.5 Å². The van der Waals surface area contributed by atoms with Crippen molar-refractivity contribution in [2.75, 3.05) is 0 Å². The molecule has 0 heteroatoms. The van der Waals surface area contributed by atoms with Crippen LogP contribution in [0.1, 0.15) is 92.9 Å². The van der Waals surface area contributed by atoms with Crippen LogP contribution in [0.3, 0.4) is 0 Å². The van der Waals surface area contributed by atoms with E-state index < -0.39 is 0 Å². The molecule has 1 aromatic carbocycles. The van der Waals surface area contributed by atoms with Gasteiger partial charge in [-0.2, -0.15) is 0 Å². The van der Waals surface area contributed by atoms with Gasteiger partial charge in [0.25, 0.3) is 0 Å². The Morgan fingerprint density at radius 2 is 1.33 bits per heavy atom. The van der Waals surface area contributed by atoms with Crippen molar-refractivity contribution >= 4 is 0 Å². The van der Waals surface area contributed by atoms with E-state index in [1.165, 1.54) is 80.9 Å². The number of hydrogen-bond acceptors (Lipinski definition) is 0. The quantitative estimate of drug-likeness (QED) is 0.531. The van der Waals surface area contributed by atoms with Crippen molar-refractivity contribution in [3.8, 4) is 0 Å². The molecule has 2 aliphatic rings. The third-order valence-electron chi connectivity index (χ3n) is 7.27. The highest BCUT2D eigenvalue weighted by Crippen LogP contribution is 2.41. The molecule has 24 heavy (non-hydrogen) atoms. The highest BCUT2D eigenvalue weighted by molar-refractivity contribution is 5.36. The number of aryl methyl sites for hydroxylation is 3. The smallest absolute Gasteiger partial charge is 0.0279 e. The van der Waals surface area contributed by atoms with Crippen molar-refractivity contribution in [1.82, 2.24) is 0 Å². The molecule has 0 N–H and O–H groups in total. The van der Waals surface area contributed by atoms with Gasteiger partial charge in [0.1, 0.15) is 0 Å². The topological polar surface area (TPSA) is 0 Å². The standard InChI is InChI=1S/C24H38/c1-18-16-22(17-19(2)20(18)3)9-7-8-21-12-14-24(15-13-21)23-10-5-4-6-11-23/h16-17,21,23-24H,4-15H2,1-3H3. The fourth-order valence-electron chi connectivity index (χ4n) is 5.42. The molecule has 0 amide bonds. The van der Waals surface area contributed by atoms with Crippen LogP contribution in [-0.2, 0) is 6.42 Å². The lowest BCUT2D eigenvalue weighted by Crippen LogP contribution is -2.23. The van der Waals surface area contributed by atoms with Crippen molar-refractivity contribution in [2.45, 2.75) is 97.8 Å². The molecule has 3 rings (SSSR count). The summed E-state index contributed by atoms with van der Waals surface area (Å²) in [4.78, 5) is 0. The second-order valence-corrected chi connectivity index (χ2v) is 8.93. The Balaban J connectivity index is 1.39. The van der Waals surface area contributed by atoms with Crippen LogP contribution >= 0.6 is 0 Å². The van der Waals surface area contributed by atoms with Gasteiger partial charge in [0.05, 0.1) is 0 Å². The van der Waals surface area contributed by atoms with E-state index in [0.717, 1.165) is 17.8 Å². The average molecular weight is 327 g/mol. The minimum Gasteiger partial charge on any atom is -0.0558 e. The summed E-state index contributed by atoms with van der Waals surface area (Å²) in [6, 6.07) is 4.84. The van der Waals surface area contributed by atoms with Gasteiger partial charge in [-0.05, 0) is 86.5 Å². The van der Waals surface area contributed by atoms with Crippen LogP contribution in [0.2, 0.25) is 0 Å². The second-order valence-electron chi connectivity index (χ2n) is 8.93. The summed E-state index contributed by atoms with van der Waals surface area (Å²) in [5.41, 5.74) is 5.97. The summed E-state index contributed by atoms with van der Waals surface area (Å²) in [5, 5.41) is 0. The molecule has 2 aliphatic carbocycles. The third-order valence-corrected chi connectivity index (χ3v) is 7.27. The van der Waals surface area contributed by atoms with Crippen molar-refractivity contribution in [1.29, 1.82) is 0 Å². The van der Waals surface area contributed by atoms with Gasteiger partial charge in [-0.15, -0.1) is 0 Å². The van der Waals surface area contributed by atoms with Crippen molar-refractivity contribution in [3.63, 3.8) is 0 Å². The van der Waals surface area contributed by atoms with Gasteiger partial charge >= 0.3 is 0 Å². The Hall–Kier alpha value is -0.780. The maximum atomic E-state index is 2.42. The number of benzene rings is 1. The molecule has 1 aromatic rings. The van der Waals surface area contributed by atoms with E-state index in [4.69, 9.17) is 0 Å². The summed E-state index contributed by atoms with van der Waals surface area (Å²) in [6.07, 6.45) is 17.9. The van der Waals surface area contributed by atoms with E-state index in [9.17, 15) is 0 Å². The maximum Gasteiger partial charge on any atom is -0.0279 e. The number of hydrogen-bond donors (Lipinski definition) is 0. The Morgan fingerprint density at radius 1 is 0.750 bits per heavy atom. The molecule has 0 bridgehead atoms. The zero-order valence-electron chi connectivity index (χ0n) is 16.4. The first kappa shape index (κ1) is 18.0. The van der Waals surface area contributed by atoms with Crippen molar-refractivity contribution in [2.24, 2.45) is 17.8 Å². The summed E-state index contributed by atoms with van der Waals surface area (Å²) in [7, 11) is 0. The minimum atomic E-state index is 1.03. The first-order valence-electron chi connectivity index (χ1n) is 10.7. The van der Waals surface area contributed by atoms with E-state index in [-0.39, 0.29) is 0 Å². The molecule has 0 aromatic heterocycles. The van der Waals surface area contributed by atoms with Crippen LogP contribution in [0.15, 0.2) is 12.1 Å². The van der Waals surface area contributed by atoms with Gasteiger partial charge in [-0.1, -0.05) is 63.5 Å². The van der Waals surface area contributed by atoms with Gasteiger partial charge in [-0.3, -0.25) is 0 Å². The van der Waals surface area contributed by atoms with Gasteiger partial charge in [0.15, 0.2) is 0 Å². The molecule has 0 aliphatic heterocycles. The monoisotopic (exact) mass is 326 g/mol. The fraction of sp³-hybridized carbons (Fsp3) is 0.750. The van der Waals surface area contributed by atoms with Crippen LogP contribution in [0.4, 0.5) is 0 Å². The van der Waals surface area contributed by atoms with Gasteiger partial charge < -0.3 is 0 Å². The first-order chi connectivity index (χ1) is 11.6. The lowest BCUT2D eigenvalue weighted by atomic mass is 9.70. The predicted octanol–water partition coefficient (Wildman–Crippen LogP) is 7.32. The maximum absolute atomic E-state index is 2.42. The zero-order valence-corrected chi connectivity index (χ0v) is 16.4. The van der Waals surface area contributed by atoms with Crippen molar-refractivity contribution in [3.05, 3.63) is 34.4 Å². The minimum absolute atomic E-state index is 1.03. The zero-order chi connectivity index (χ0) is 16.9. The summed E-state index contributed by atoms with van der Waals surface area (Å²) in [6.45, 7) is 6.77. The Morgan fingerprint density at radius 3 is 1.96 bits per heavy atom. The Labute approximate surface area is 150 Å². The van der Waals surface area contributed by atoms with Crippen molar-refractivity contribution < 1.29 is 0 Å². The van der Waals surface area contributed by atoms with Crippen LogP contribution in [-0.4, -0.2) is 0 Å². The summed E-state index contributed by atoms with van der Waals surface area (Å²) >= 11 is 0. The molecule has 0 nitrogen and oxygen atoms in total. The molecule has 0 saturated heterocycles. The molecule has 2 saturated carbocycles. The van der Waals surface area contributed by atoms with E-state index >= 15 is 0 Å². The highest BCUT2D eigenvalue weighted by atomic mass is 14.3. The molecule has 0 spiro atoms. The fourth-order valence-corrected chi connectivity index (χ4v) is 5.42. The van der Waals surface area contributed by atoms with E-state index in [2.05, 4.69) is 32.9 Å². The normalized spacial score (nSPS) is 25.8. The molecule has 0 heterocycles. The molecular weight excluding hydrogens is 288 g/mol. The van der Waals surface area contributed by atoms with Gasteiger partial charge in [0.2, 0.25) is 0 Å². The van der Waals surface area contributed by atoms with Gasteiger partial charge in [0, 0.05) is 0 Å². The van der Waals surface area contributed by atoms with Gasteiger partial charge in [-0.25, -0.2) is 0 Å². The van der Waals surface area contributed by atoms with E-state index in [1.807, 2.05) is 0 Å². The van der Waals surface area contributed by atoms with Crippen LogP contribution in [0.25, 0.3) is 0 Å². The van der Waals surface area contributed by atoms with E-state index in [1.54, 1.807) is 18.4 Å². The lowest BCUT2D eigenvalue weighted by Gasteiger charge is -2.36. The lowest BCUT2D eigenvalue weighted by molar-refractivity contribution is 0.162. The third kappa shape index (κ3) is 4.64. The SMILES string of the molecule is Cc1cc(CCCC2CCC(C3CCCCC3)CC2)cc(C)c1C. The predicted molar refractivity (Wildman–Crippen MR) is 106 cm³/mol. The average Bonchev–Trinajstić information content (AvgIpc) is 2.61. The second kappa shape index (κ2) is 8.54. The van der Waals surface area contributed by atoms with Crippen LogP contribution < -0.4 is 0 Å².